The molecule has 5 heteroatoms. The summed E-state index contributed by atoms with van der Waals surface area (Å²) in [5, 5.41) is 1.85. The molecule has 0 amide bonds. The van der Waals surface area contributed by atoms with Crippen molar-refractivity contribution in [3.05, 3.63) is 35.5 Å². The van der Waals surface area contributed by atoms with Crippen molar-refractivity contribution < 1.29 is 9.47 Å². The van der Waals surface area contributed by atoms with E-state index in [1.165, 1.54) is 5.69 Å². The molecule has 4 nitrogen and oxygen atoms in total. The maximum Gasteiger partial charge on any atom is 0.171 e. The molecule has 1 fully saturated rings. The Labute approximate surface area is 142 Å². The fourth-order valence-corrected chi connectivity index (χ4v) is 3.49. The van der Waals surface area contributed by atoms with Crippen molar-refractivity contribution in [3.8, 4) is 0 Å². The number of pyridine rings is 1. The molecule has 0 aliphatic carbocycles. The number of hydrogen-bond acceptors (Lipinski definition) is 4. The molecule has 124 valence electrons. The Kier molecular flexibility index (Phi) is 5.05. The van der Waals surface area contributed by atoms with Crippen LogP contribution in [0, 0.1) is 0 Å². The molecule has 0 radical (unpaired) electrons. The highest BCUT2D eigenvalue weighted by Crippen LogP contribution is 2.34. The van der Waals surface area contributed by atoms with Crippen molar-refractivity contribution in [2.45, 2.75) is 32.5 Å². The monoisotopic (exact) mass is 334 g/mol. The number of rotatable bonds is 5. The summed E-state index contributed by atoms with van der Waals surface area (Å²) >= 11 is 6.08. The van der Waals surface area contributed by atoms with Crippen molar-refractivity contribution in [1.29, 1.82) is 0 Å². The van der Waals surface area contributed by atoms with E-state index in [2.05, 4.69) is 16.0 Å². The molecule has 1 aromatic heterocycles. The molecule has 0 N–H and O–H groups in total. The van der Waals surface area contributed by atoms with Crippen molar-refractivity contribution in [3.63, 3.8) is 0 Å². The molecule has 0 bridgehead atoms. The number of aromatic nitrogens is 1. The van der Waals surface area contributed by atoms with Gasteiger partial charge in [0.2, 0.25) is 0 Å². The lowest BCUT2D eigenvalue weighted by atomic mass is 10.0. The van der Waals surface area contributed by atoms with Crippen LogP contribution in [-0.4, -0.2) is 37.1 Å². The van der Waals surface area contributed by atoms with Crippen LogP contribution in [0.1, 0.15) is 26.7 Å². The molecule has 0 atom stereocenters. The Bertz CT molecular complexity index is 661. The lowest BCUT2D eigenvalue weighted by molar-refractivity contribution is -0.242. The molecule has 1 saturated heterocycles. The van der Waals surface area contributed by atoms with E-state index in [4.69, 9.17) is 21.1 Å². The third-order valence-electron chi connectivity index (χ3n) is 4.36. The summed E-state index contributed by atoms with van der Waals surface area (Å²) in [6.45, 7) is 7.21. The highest BCUT2D eigenvalue weighted by molar-refractivity contribution is 6.31. The van der Waals surface area contributed by atoms with E-state index < -0.39 is 5.79 Å². The standard InChI is InChI=1S/C18H23ClN2O2/c1-3-22-18(23-4-2)8-11-21(12-9-18)17-7-10-20-16-13-14(19)5-6-15(16)17/h5-7,10,13H,3-4,8-9,11-12H2,1-2H3. The molecule has 1 aliphatic heterocycles. The van der Waals surface area contributed by atoms with Crippen molar-refractivity contribution in [1.82, 2.24) is 4.98 Å². The first-order valence-electron chi connectivity index (χ1n) is 8.24. The largest absolute Gasteiger partial charge is 0.371 e. The van der Waals surface area contributed by atoms with Crippen LogP contribution < -0.4 is 4.90 Å². The molecule has 0 saturated carbocycles. The predicted molar refractivity (Wildman–Crippen MR) is 94.2 cm³/mol. The summed E-state index contributed by atoms with van der Waals surface area (Å²) in [5.41, 5.74) is 2.13. The Morgan fingerprint density at radius 1 is 1.13 bits per heavy atom. The summed E-state index contributed by atoms with van der Waals surface area (Å²) in [4.78, 5) is 6.81. The van der Waals surface area contributed by atoms with Gasteiger partial charge in [-0.3, -0.25) is 4.98 Å². The second-order valence-electron chi connectivity index (χ2n) is 5.76. The average molecular weight is 335 g/mol. The molecular formula is C18H23ClN2O2. The van der Waals surface area contributed by atoms with E-state index >= 15 is 0 Å². The van der Waals surface area contributed by atoms with E-state index in [9.17, 15) is 0 Å². The first-order chi connectivity index (χ1) is 11.2. The third kappa shape index (κ3) is 3.44. The smallest absolute Gasteiger partial charge is 0.171 e. The van der Waals surface area contributed by atoms with Crippen LogP contribution in [0.2, 0.25) is 5.02 Å². The van der Waals surface area contributed by atoms with Crippen LogP contribution in [0.5, 0.6) is 0 Å². The van der Waals surface area contributed by atoms with E-state index in [0.717, 1.165) is 36.8 Å². The first-order valence-corrected chi connectivity index (χ1v) is 8.62. The SMILES string of the molecule is CCOC1(OCC)CCN(c2ccnc3cc(Cl)ccc23)CC1. The zero-order valence-electron chi connectivity index (χ0n) is 13.7. The quantitative estimate of drug-likeness (QED) is 0.765. The molecule has 23 heavy (non-hydrogen) atoms. The number of fused-ring (bicyclic) bond motifs is 1. The molecule has 0 spiro atoms. The third-order valence-corrected chi connectivity index (χ3v) is 4.60. The zero-order valence-corrected chi connectivity index (χ0v) is 14.5. The predicted octanol–water partition coefficient (Wildman–Crippen LogP) is 4.26. The minimum atomic E-state index is -0.424. The molecule has 1 aromatic carbocycles. The van der Waals surface area contributed by atoms with Crippen LogP contribution >= 0.6 is 11.6 Å². The molecule has 0 unspecified atom stereocenters. The fourth-order valence-electron chi connectivity index (χ4n) is 3.33. The summed E-state index contributed by atoms with van der Waals surface area (Å²) in [7, 11) is 0. The highest BCUT2D eigenvalue weighted by atomic mass is 35.5. The Balaban J connectivity index is 1.82. The Hall–Kier alpha value is -1.36. The topological polar surface area (TPSA) is 34.6 Å². The first kappa shape index (κ1) is 16.5. The zero-order chi connectivity index (χ0) is 16.3. The van der Waals surface area contributed by atoms with Gasteiger partial charge in [-0.25, -0.2) is 0 Å². The van der Waals surface area contributed by atoms with Gasteiger partial charge in [-0.05, 0) is 38.1 Å². The fraction of sp³-hybridized carbons (Fsp3) is 0.500. The van der Waals surface area contributed by atoms with Crippen molar-refractivity contribution in [2.24, 2.45) is 0 Å². The minimum absolute atomic E-state index is 0.424. The second-order valence-corrected chi connectivity index (χ2v) is 6.19. The van der Waals surface area contributed by atoms with Gasteiger partial charge in [-0.1, -0.05) is 11.6 Å². The van der Waals surface area contributed by atoms with Gasteiger partial charge in [0.1, 0.15) is 0 Å². The number of ether oxygens (including phenoxy) is 2. The van der Waals surface area contributed by atoms with Crippen molar-refractivity contribution in [2.75, 3.05) is 31.2 Å². The summed E-state index contributed by atoms with van der Waals surface area (Å²) in [6, 6.07) is 7.95. The van der Waals surface area contributed by atoms with Crippen LogP contribution in [0.15, 0.2) is 30.5 Å². The van der Waals surface area contributed by atoms with Crippen LogP contribution in [0.4, 0.5) is 5.69 Å². The molecule has 1 aliphatic rings. The van der Waals surface area contributed by atoms with Crippen LogP contribution in [0.25, 0.3) is 10.9 Å². The van der Waals surface area contributed by atoms with E-state index in [-0.39, 0.29) is 0 Å². The van der Waals surface area contributed by atoms with Crippen LogP contribution in [-0.2, 0) is 9.47 Å². The van der Waals surface area contributed by atoms with Gasteiger partial charge in [-0.15, -0.1) is 0 Å². The number of halogens is 1. The number of anilines is 1. The lowest BCUT2D eigenvalue weighted by Gasteiger charge is -2.42. The minimum Gasteiger partial charge on any atom is -0.371 e. The van der Waals surface area contributed by atoms with Crippen LogP contribution in [0.3, 0.4) is 0 Å². The number of piperidine rings is 1. The summed E-state index contributed by atoms with van der Waals surface area (Å²) < 4.78 is 11.8. The normalized spacial score (nSPS) is 17.6. The van der Waals surface area contributed by atoms with E-state index in [1.54, 1.807) is 0 Å². The van der Waals surface area contributed by atoms with Gasteiger partial charge < -0.3 is 14.4 Å². The summed E-state index contributed by atoms with van der Waals surface area (Å²) in [5.74, 6) is -0.424. The van der Waals surface area contributed by atoms with Gasteiger partial charge in [0.05, 0.1) is 5.52 Å². The molecule has 2 aromatic rings. The van der Waals surface area contributed by atoms with Gasteiger partial charge >= 0.3 is 0 Å². The van der Waals surface area contributed by atoms with Gasteiger partial charge in [0.25, 0.3) is 0 Å². The Morgan fingerprint density at radius 2 is 1.83 bits per heavy atom. The second kappa shape index (κ2) is 7.04. The molecule has 3 rings (SSSR count). The maximum absolute atomic E-state index is 6.08. The molecular weight excluding hydrogens is 312 g/mol. The number of benzene rings is 1. The maximum atomic E-state index is 6.08. The van der Waals surface area contributed by atoms with E-state index in [0.29, 0.717) is 18.2 Å². The highest BCUT2D eigenvalue weighted by Gasteiger charge is 2.36. The van der Waals surface area contributed by atoms with Gasteiger partial charge in [-0.2, -0.15) is 0 Å². The molecule has 2 heterocycles. The number of nitrogens with zero attached hydrogens (tertiary/aromatic N) is 2. The average Bonchev–Trinajstić information content (AvgIpc) is 2.55. The number of hydrogen-bond donors (Lipinski definition) is 0. The Morgan fingerprint density at radius 3 is 2.48 bits per heavy atom. The lowest BCUT2D eigenvalue weighted by Crippen LogP contribution is -2.48. The van der Waals surface area contributed by atoms with Gasteiger partial charge in [0, 0.05) is 61.4 Å². The summed E-state index contributed by atoms with van der Waals surface area (Å²) in [6.07, 6.45) is 3.58. The van der Waals surface area contributed by atoms with Gasteiger partial charge in [0.15, 0.2) is 5.79 Å². The van der Waals surface area contributed by atoms with Crippen molar-refractivity contribution >= 4 is 28.2 Å². The van der Waals surface area contributed by atoms with E-state index in [1.807, 2.05) is 38.2 Å².